The standard InChI is InChI=1S/C15H24N2O3/c1-6-8-16-9-12(18)13-10(3)14(15(19)20-7-2)17(5)11(13)4/h16H,6-9H2,1-5H3. The molecule has 0 aliphatic rings. The summed E-state index contributed by atoms with van der Waals surface area (Å²) >= 11 is 0. The van der Waals surface area contributed by atoms with Gasteiger partial charge in [-0.15, -0.1) is 0 Å². The van der Waals surface area contributed by atoms with Crippen molar-refractivity contribution in [1.29, 1.82) is 0 Å². The van der Waals surface area contributed by atoms with Crippen LogP contribution in [0.3, 0.4) is 0 Å². The molecule has 112 valence electrons. The van der Waals surface area contributed by atoms with Gasteiger partial charge >= 0.3 is 5.97 Å². The van der Waals surface area contributed by atoms with Crippen LogP contribution in [0.1, 0.15) is 52.4 Å². The lowest BCUT2D eigenvalue weighted by Crippen LogP contribution is -2.24. The molecule has 1 aromatic rings. The number of hydrogen-bond donors (Lipinski definition) is 1. The Morgan fingerprint density at radius 2 is 1.90 bits per heavy atom. The van der Waals surface area contributed by atoms with Crippen LogP contribution in [0.2, 0.25) is 0 Å². The first-order valence-corrected chi connectivity index (χ1v) is 7.02. The minimum atomic E-state index is -0.379. The van der Waals surface area contributed by atoms with Gasteiger partial charge in [0.15, 0.2) is 5.78 Å². The van der Waals surface area contributed by atoms with Crippen LogP contribution >= 0.6 is 0 Å². The molecule has 0 bridgehead atoms. The molecule has 0 saturated heterocycles. The summed E-state index contributed by atoms with van der Waals surface area (Å²) in [6, 6.07) is 0. The molecule has 0 unspecified atom stereocenters. The number of nitrogens with zero attached hydrogens (tertiary/aromatic N) is 1. The van der Waals surface area contributed by atoms with E-state index >= 15 is 0 Å². The molecule has 1 aromatic heterocycles. The monoisotopic (exact) mass is 280 g/mol. The van der Waals surface area contributed by atoms with Gasteiger partial charge in [0.2, 0.25) is 0 Å². The molecule has 0 aliphatic heterocycles. The highest BCUT2D eigenvalue weighted by Crippen LogP contribution is 2.22. The zero-order valence-electron chi connectivity index (χ0n) is 13.0. The molecule has 0 spiro atoms. The minimum Gasteiger partial charge on any atom is -0.461 e. The zero-order chi connectivity index (χ0) is 15.3. The number of hydrogen-bond acceptors (Lipinski definition) is 4. The molecule has 1 rings (SSSR count). The molecular weight excluding hydrogens is 256 g/mol. The summed E-state index contributed by atoms with van der Waals surface area (Å²) in [5.41, 5.74) is 2.59. The molecule has 0 amide bonds. The first-order valence-electron chi connectivity index (χ1n) is 7.02. The average molecular weight is 280 g/mol. The van der Waals surface area contributed by atoms with Gasteiger partial charge in [-0.25, -0.2) is 4.79 Å². The third-order valence-corrected chi connectivity index (χ3v) is 3.39. The summed E-state index contributed by atoms with van der Waals surface area (Å²) in [6.45, 7) is 8.89. The second-order valence-corrected chi connectivity index (χ2v) is 4.81. The molecule has 0 saturated carbocycles. The quantitative estimate of drug-likeness (QED) is 0.471. The van der Waals surface area contributed by atoms with E-state index in [0.29, 0.717) is 30.0 Å². The van der Waals surface area contributed by atoms with Crippen molar-refractivity contribution in [1.82, 2.24) is 9.88 Å². The molecule has 5 heteroatoms. The summed E-state index contributed by atoms with van der Waals surface area (Å²) < 4.78 is 6.79. The van der Waals surface area contributed by atoms with Gasteiger partial charge in [-0.2, -0.15) is 0 Å². The highest BCUT2D eigenvalue weighted by molar-refractivity contribution is 6.03. The van der Waals surface area contributed by atoms with E-state index in [1.807, 2.05) is 6.92 Å². The van der Waals surface area contributed by atoms with Crippen LogP contribution in [0.4, 0.5) is 0 Å². The van der Waals surface area contributed by atoms with Crippen molar-refractivity contribution in [3.05, 3.63) is 22.5 Å². The van der Waals surface area contributed by atoms with Crippen molar-refractivity contribution in [2.24, 2.45) is 7.05 Å². The number of aromatic nitrogens is 1. The summed E-state index contributed by atoms with van der Waals surface area (Å²) in [7, 11) is 1.78. The van der Waals surface area contributed by atoms with Gasteiger partial charge < -0.3 is 14.6 Å². The topological polar surface area (TPSA) is 60.3 Å². The van der Waals surface area contributed by atoms with E-state index < -0.39 is 0 Å². The number of nitrogens with one attached hydrogen (secondary N) is 1. The SMILES string of the molecule is CCCNCC(=O)c1c(C)c(C(=O)OCC)n(C)c1C. The Labute approximate surface area is 120 Å². The second kappa shape index (κ2) is 7.24. The molecule has 1 N–H and O–H groups in total. The van der Waals surface area contributed by atoms with Gasteiger partial charge in [-0.1, -0.05) is 6.92 Å². The number of Topliss-reactive ketones (excluding diaryl/α,β-unsaturated/α-hetero) is 1. The van der Waals surface area contributed by atoms with Gasteiger partial charge in [-0.3, -0.25) is 4.79 Å². The van der Waals surface area contributed by atoms with Crippen LogP contribution in [0, 0.1) is 13.8 Å². The average Bonchev–Trinajstić information content (AvgIpc) is 2.61. The molecular formula is C15H24N2O3. The number of rotatable bonds is 7. The van der Waals surface area contributed by atoms with E-state index in [2.05, 4.69) is 12.2 Å². The Hall–Kier alpha value is -1.62. The van der Waals surface area contributed by atoms with Crippen molar-refractivity contribution in [3.8, 4) is 0 Å². The largest absolute Gasteiger partial charge is 0.461 e. The van der Waals surface area contributed by atoms with Gasteiger partial charge in [-0.05, 0) is 39.3 Å². The van der Waals surface area contributed by atoms with E-state index in [0.717, 1.165) is 18.7 Å². The number of carbonyl (C=O) groups excluding carboxylic acids is 2. The van der Waals surface area contributed by atoms with E-state index in [1.165, 1.54) is 0 Å². The molecule has 20 heavy (non-hydrogen) atoms. The van der Waals surface area contributed by atoms with Crippen LogP contribution in [0.25, 0.3) is 0 Å². The van der Waals surface area contributed by atoms with Crippen LogP contribution in [0.5, 0.6) is 0 Å². The Morgan fingerprint density at radius 3 is 2.45 bits per heavy atom. The molecule has 0 aliphatic carbocycles. The summed E-state index contributed by atoms with van der Waals surface area (Å²) in [5.74, 6) is -0.365. The lowest BCUT2D eigenvalue weighted by molar-refractivity contribution is 0.0514. The molecule has 0 atom stereocenters. The highest BCUT2D eigenvalue weighted by atomic mass is 16.5. The number of ether oxygens (including phenoxy) is 1. The lowest BCUT2D eigenvalue weighted by atomic mass is 10.1. The third kappa shape index (κ3) is 3.28. The minimum absolute atomic E-state index is 0.0135. The van der Waals surface area contributed by atoms with E-state index in [4.69, 9.17) is 4.74 Å². The summed E-state index contributed by atoms with van der Waals surface area (Å²) in [6.07, 6.45) is 0.980. The molecule has 0 radical (unpaired) electrons. The number of carbonyl (C=O) groups is 2. The molecule has 1 heterocycles. The van der Waals surface area contributed by atoms with Gasteiger partial charge in [0.05, 0.1) is 13.2 Å². The summed E-state index contributed by atoms with van der Waals surface area (Å²) in [4.78, 5) is 24.2. The van der Waals surface area contributed by atoms with E-state index in [1.54, 1.807) is 25.5 Å². The normalized spacial score (nSPS) is 10.7. The molecule has 0 fully saturated rings. The van der Waals surface area contributed by atoms with E-state index in [-0.39, 0.29) is 11.8 Å². The number of ketones is 1. The number of esters is 1. The van der Waals surface area contributed by atoms with Crippen LogP contribution in [-0.2, 0) is 11.8 Å². The predicted molar refractivity (Wildman–Crippen MR) is 78.3 cm³/mol. The Kier molecular flexibility index (Phi) is 5.95. The fourth-order valence-corrected chi connectivity index (χ4v) is 2.34. The Bertz CT molecular complexity index is 504. The molecule has 5 nitrogen and oxygen atoms in total. The maximum Gasteiger partial charge on any atom is 0.355 e. The van der Waals surface area contributed by atoms with Crippen LogP contribution in [-0.4, -0.2) is 36.0 Å². The van der Waals surface area contributed by atoms with E-state index in [9.17, 15) is 9.59 Å². The summed E-state index contributed by atoms with van der Waals surface area (Å²) in [5, 5.41) is 3.10. The third-order valence-electron chi connectivity index (χ3n) is 3.39. The Balaban J connectivity index is 3.07. The van der Waals surface area contributed by atoms with Crippen molar-refractivity contribution >= 4 is 11.8 Å². The van der Waals surface area contributed by atoms with Crippen molar-refractivity contribution < 1.29 is 14.3 Å². The van der Waals surface area contributed by atoms with Gasteiger partial charge in [0.1, 0.15) is 5.69 Å². The first kappa shape index (κ1) is 16.4. The van der Waals surface area contributed by atoms with Gasteiger partial charge in [0.25, 0.3) is 0 Å². The lowest BCUT2D eigenvalue weighted by Gasteiger charge is -2.05. The first-order chi connectivity index (χ1) is 9.45. The van der Waals surface area contributed by atoms with Crippen LogP contribution < -0.4 is 5.32 Å². The molecule has 0 aromatic carbocycles. The fourth-order valence-electron chi connectivity index (χ4n) is 2.34. The zero-order valence-corrected chi connectivity index (χ0v) is 13.0. The van der Waals surface area contributed by atoms with Crippen molar-refractivity contribution in [2.75, 3.05) is 19.7 Å². The fraction of sp³-hybridized carbons (Fsp3) is 0.600. The smallest absolute Gasteiger partial charge is 0.355 e. The Morgan fingerprint density at radius 1 is 1.25 bits per heavy atom. The second-order valence-electron chi connectivity index (χ2n) is 4.81. The maximum absolute atomic E-state index is 12.3. The van der Waals surface area contributed by atoms with Gasteiger partial charge in [0, 0.05) is 18.3 Å². The van der Waals surface area contributed by atoms with Crippen LogP contribution in [0.15, 0.2) is 0 Å². The highest BCUT2D eigenvalue weighted by Gasteiger charge is 2.25. The maximum atomic E-state index is 12.3. The van der Waals surface area contributed by atoms with Crippen molar-refractivity contribution in [2.45, 2.75) is 34.1 Å². The van der Waals surface area contributed by atoms with Crippen molar-refractivity contribution in [3.63, 3.8) is 0 Å². The predicted octanol–water partition coefficient (Wildman–Crippen LogP) is 2.00.